The average Bonchev–Trinajstić information content (AvgIpc) is 2.41. The van der Waals surface area contributed by atoms with Crippen molar-refractivity contribution < 1.29 is 4.74 Å². The van der Waals surface area contributed by atoms with Crippen LogP contribution in [-0.4, -0.2) is 17.1 Å². The van der Waals surface area contributed by atoms with Crippen molar-refractivity contribution in [2.24, 2.45) is 0 Å². The van der Waals surface area contributed by atoms with Gasteiger partial charge in [0.15, 0.2) is 0 Å². The third-order valence-corrected chi connectivity index (χ3v) is 2.90. The molecule has 0 radical (unpaired) electrons. The van der Waals surface area contributed by atoms with E-state index in [4.69, 9.17) is 16.3 Å². The van der Waals surface area contributed by atoms with Crippen molar-refractivity contribution in [1.82, 2.24) is 9.97 Å². The lowest BCUT2D eigenvalue weighted by atomic mass is 10.2. The van der Waals surface area contributed by atoms with Gasteiger partial charge in [-0.2, -0.15) is 0 Å². The van der Waals surface area contributed by atoms with Gasteiger partial charge in [0.1, 0.15) is 5.75 Å². The van der Waals surface area contributed by atoms with Gasteiger partial charge in [0.2, 0.25) is 5.95 Å². The predicted octanol–water partition coefficient (Wildman–Crippen LogP) is 3.06. The van der Waals surface area contributed by atoms with Crippen molar-refractivity contribution >= 4 is 17.5 Å². The predicted molar refractivity (Wildman–Crippen MR) is 72.1 cm³/mol. The molecule has 0 atom stereocenters. The van der Waals surface area contributed by atoms with Gasteiger partial charge in [-0.3, -0.25) is 0 Å². The van der Waals surface area contributed by atoms with Crippen molar-refractivity contribution in [2.45, 2.75) is 13.5 Å². The summed E-state index contributed by atoms with van der Waals surface area (Å²) < 4.78 is 5.10. The smallest absolute Gasteiger partial charge is 0.223 e. The van der Waals surface area contributed by atoms with Gasteiger partial charge in [0.05, 0.1) is 24.0 Å². The summed E-state index contributed by atoms with van der Waals surface area (Å²) in [4.78, 5) is 8.35. The maximum absolute atomic E-state index is 5.86. The Bertz CT molecular complexity index is 528. The van der Waals surface area contributed by atoms with Crippen LogP contribution < -0.4 is 10.1 Å². The van der Waals surface area contributed by atoms with Crippen molar-refractivity contribution in [2.75, 3.05) is 12.4 Å². The fraction of sp³-hybridized carbons (Fsp3) is 0.231. The molecular weight excluding hydrogens is 250 g/mol. The summed E-state index contributed by atoms with van der Waals surface area (Å²) in [5, 5.41) is 3.72. The average molecular weight is 264 g/mol. The minimum atomic E-state index is 0.574. The number of hydrogen-bond acceptors (Lipinski definition) is 4. The molecule has 4 nitrogen and oxygen atoms in total. The van der Waals surface area contributed by atoms with Crippen LogP contribution in [0.3, 0.4) is 0 Å². The van der Waals surface area contributed by atoms with Gasteiger partial charge in [0.25, 0.3) is 0 Å². The molecule has 0 saturated carbocycles. The normalized spacial score (nSPS) is 10.2. The number of hydrogen-bond donors (Lipinski definition) is 1. The van der Waals surface area contributed by atoms with Gasteiger partial charge >= 0.3 is 0 Å². The summed E-state index contributed by atoms with van der Waals surface area (Å²) in [6.07, 6.45) is 1.60. The highest BCUT2D eigenvalue weighted by atomic mass is 35.5. The summed E-state index contributed by atoms with van der Waals surface area (Å²) in [6, 6.07) is 7.83. The number of rotatable bonds is 4. The maximum atomic E-state index is 5.86. The molecule has 0 aliphatic rings. The zero-order valence-corrected chi connectivity index (χ0v) is 11.0. The van der Waals surface area contributed by atoms with Crippen LogP contribution in [0, 0.1) is 6.92 Å². The number of aryl methyl sites for hydroxylation is 1. The van der Waals surface area contributed by atoms with Crippen molar-refractivity contribution in [3.05, 3.63) is 46.7 Å². The Morgan fingerprint density at radius 2 is 2.00 bits per heavy atom. The van der Waals surface area contributed by atoms with Gasteiger partial charge in [-0.05, 0) is 24.6 Å². The Hall–Kier alpha value is -1.81. The van der Waals surface area contributed by atoms with Crippen molar-refractivity contribution in [1.29, 1.82) is 0 Å². The molecule has 0 saturated heterocycles. The minimum Gasteiger partial charge on any atom is -0.497 e. The molecular formula is C13H14ClN3O. The Morgan fingerprint density at radius 3 is 2.61 bits per heavy atom. The lowest BCUT2D eigenvalue weighted by Crippen LogP contribution is -2.04. The third kappa shape index (κ3) is 3.11. The number of aromatic nitrogens is 2. The van der Waals surface area contributed by atoms with Crippen molar-refractivity contribution in [3.63, 3.8) is 0 Å². The van der Waals surface area contributed by atoms with E-state index in [1.807, 2.05) is 31.2 Å². The van der Waals surface area contributed by atoms with Gasteiger partial charge < -0.3 is 10.1 Å². The van der Waals surface area contributed by atoms with Crippen LogP contribution in [0.15, 0.2) is 30.5 Å². The molecule has 0 fully saturated rings. The lowest BCUT2D eigenvalue weighted by molar-refractivity contribution is 0.414. The SMILES string of the molecule is COc1ccc(CNc2ncc(Cl)c(C)n2)cc1. The standard InChI is InChI=1S/C13H14ClN3O/c1-9-12(14)8-16-13(17-9)15-7-10-3-5-11(18-2)6-4-10/h3-6,8H,7H2,1-2H3,(H,15,16,17). The number of ether oxygens (including phenoxy) is 1. The van der Waals surface area contributed by atoms with Crippen LogP contribution in [0.4, 0.5) is 5.95 Å². The largest absolute Gasteiger partial charge is 0.497 e. The summed E-state index contributed by atoms with van der Waals surface area (Å²) in [7, 11) is 1.65. The Labute approximate surface area is 111 Å². The van der Waals surface area contributed by atoms with E-state index in [9.17, 15) is 0 Å². The molecule has 0 unspecified atom stereocenters. The molecule has 5 heteroatoms. The van der Waals surface area contributed by atoms with Crippen LogP contribution in [0.25, 0.3) is 0 Å². The molecule has 0 bridgehead atoms. The fourth-order valence-corrected chi connectivity index (χ4v) is 1.55. The zero-order chi connectivity index (χ0) is 13.0. The van der Waals surface area contributed by atoms with Gasteiger partial charge in [0, 0.05) is 6.54 Å². The Balaban J connectivity index is 1.99. The number of methoxy groups -OCH3 is 1. The molecule has 0 aliphatic carbocycles. The summed E-state index contributed by atoms with van der Waals surface area (Å²) >= 11 is 5.86. The second-order valence-electron chi connectivity index (χ2n) is 3.83. The molecule has 0 amide bonds. The summed E-state index contributed by atoms with van der Waals surface area (Å²) in [5.41, 5.74) is 1.90. The fourth-order valence-electron chi connectivity index (χ4n) is 1.46. The van der Waals surface area contributed by atoms with Gasteiger partial charge in [-0.15, -0.1) is 0 Å². The van der Waals surface area contributed by atoms with Gasteiger partial charge in [-0.25, -0.2) is 9.97 Å². The first-order valence-corrected chi connectivity index (χ1v) is 5.93. The first kappa shape index (κ1) is 12.6. The first-order chi connectivity index (χ1) is 8.69. The number of nitrogens with zero attached hydrogens (tertiary/aromatic N) is 2. The molecule has 0 aliphatic heterocycles. The van der Waals surface area contributed by atoms with E-state index in [0.29, 0.717) is 17.5 Å². The number of halogens is 1. The summed E-state index contributed by atoms with van der Waals surface area (Å²) in [6.45, 7) is 2.51. The third-order valence-electron chi connectivity index (χ3n) is 2.53. The van der Waals surface area contributed by atoms with Crippen LogP contribution in [-0.2, 0) is 6.54 Å². The van der Waals surface area contributed by atoms with E-state index >= 15 is 0 Å². The zero-order valence-electron chi connectivity index (χ0n) is 10.3. The van der Waals surface area contributed by atoms with E-state index in [-0.39, 0.29) is 0 Å². The van der Waals surface area contributed by atoms with Gasteiger partial charge in [-0.1, -0.05) is 23.7 Å². The maximum Gasteiger partial charge on any atom is 0.223 e. The number of nitrogens with one attached hydrogen (secondary N) is 1. The molecule has 1 aromatic carbocycles. The highest BCUT2D eigenvalue weighted by Gasteiger charge is 2.01. The van der Waals surface area contributed by atoms with E-state index in [1.54, 1.807) is 13.3 Å². The highest BCUT2D eigenvalue weighted by molar-refractivity contribution is 6.31. The summed E-state index contributed by atoms with van der Waals surface area (Å²) in [5.74, 6) is 1.42. The van der Waals surface area contributed by atoms with Crippen LogP contribution in [0.2, 0.25) is 5.02 Å². The molecule has 94 valence electrons. The minimum absolute atomic E-state index is 0.574. The molecule has 1 heterocycles. The second kappa shape index (κ2) is 5.69. The lowest BCUT2D eigenvalue weighted by Gasteiger charge is -2.06. The highest BCUT2D eigenvalue weighted by Crippen LogP contribution is 2.14. The van der Waals surface area contributed by atoms with E-state index in [2.05, 4.69) is 15.3 Å². The van der Waals surface area contributed by atoms with E-state index in [1.165, 1.54) is 0 Å². The molecule has 0 spiro atoms. The topological polar surface area (TPSA) is 47.0 Å². The van der Waals surface area contributed by atoms with E-state index in [0.717, 1.165) is 17.0 Å². The molecule has 1 aromatic heterocycles. The Kier molecular flexibility index (Phi) is 3.99. The molecule has 18 heavy (non-hydrogen) atoms. The first-order valence-electron chi connectivity index (χ1n) is 5.55. The molecule has 2 aromatic rings. The monoisotopic (exact) mass is 263 g/mol. The molecule has 1 N–H and O–H groups in total. The number of benzene rings is 1. The van der Waals surface area contributed by atoms with Crippen LogP contribution in [0.5, 0.6) is 5.75 Å². The van der Waals surface area contributed by atoms with Crippen molar-refractivity contribution in [3.8, 4) is 5.75 Å². The number of anilines is 1. The van der Waals surface area contributed by atoms with Crippen LogP contribution >= 0.6 is 11.6 Å². The molecule has 2 rings (SSSR count). The second-order valence-corrected chi connectivity index (χ2v) is 4.24. The van der Waals surface area contributed by atoms with E-state index < -0.39 is 0 Å². The Morgan fingerprint density at radius 1 is 1.28 bits per heavy atom. The quantitative estimate of drug-likeness (QED) is 0.921. The van der Waals surface area contributed by atoms with Crippen LogP contribution in [0.1, 0.15) is 11.3 Å².